The lowest BCUT2D eigenvalue weighted by Gasteiger charge is -2.08. The Morgan fingerprint density at radius 3 is 2.56 bits per heavy atom. The number of hydrogen-bond acceptors (Lipinski definition) is 7. The van der Waals surface area contributed by atoms with E-state index in [-0.39, 0.29) is 24.7 Å². The van der Waals surface area contributed by atoms with E-state index in [2.05, 4.69) is 20.5 Å². The predicted molar refractivity (Wildman–Crippen MR) is 125 cm³/mol. The van der Waals surface area contributed by atoms with Gasteiger partial charge in [0.15, 0.2) is 5.82 Å². The van der Waals surface area contributed by atoms with Crippen LogP contribution in [0.2, 0.25) is 0 Å². The number of nitrogens with one attached hydrogen (secondary N) is 1. The summed E-state index contributed by atoms with van der Waals surface area (Å²) in [6.45, 7) is 0.417. The summed E-state index contributed by atoms with van der Waals surface area (Å²) in [5.41, 5.74) is 1.95. The summed E-state index contributed by atoms with van der Waals surface area (Å²) in [5, 5.41) is 11.6. The maximum absolute atomic E-state index is 12.8. The van der Waals surface area contributed by atoms with Gasteiger partial charge in [-0.3, -0.25) is 19.0 Å². The number of methoxy groups -OCH3 is 2. The first kappa shape index (κ1) is 22.8. The molecule has 4 rings (SSSR count). The Kier molecular flexibility index (Phi) is 6.44. The average molecular weight is 463 g/mol. The second-order valence-corrected chi connectivity index (χ2v) is 7.46. The van der Waals surface area contributed by atoms with E-state index in [9.17, 15) is 9.59 Å². The van der Waals surface area contributed by atoms with Crippen LogP contribution in [0.1, 0.15) is 10.5 Å². The molecule has 0 spiro atoms. The van der Waals surface area contributed by atoms with Gasteiger partial charge in [-0.1, -0.05) is 6.07 Å². The molecule has 0 saturated carbocycles. The average Bonchev–Trinajstić information content (AvgIpc) is 3.39. The van der Waals surface area contributed by atoms with Gasteiger partial charge in [0.25, 0.3) is 5.91 Å². The summed E-state index contributed by atoms with van der Waals surface area (Å²) in [6.07, 6.45) is 1.64. The number of hydrogen-bond donors (Lipinski definition) is 1. The molecule has 0 aliphatic carbocycles. The predicted octanol–water partition coefficient (Wildman–Crippen LogP) is 1.49. The summed E-state index contributed by atoms with van der Waals surface area (Å²) >= 11 is 0. The van der Waals surface area contributed by atoms with Crippen LogP contribution in [0.25, 0.3) is 22.8 Å². The Labute approximate surface area is 195 Å². The van der Waals surface area contributed by atoms with Crippen LogP contribution in [0.5, 0.6) is 11.5 Å². The van der Waals surface area contributed by atoms with Crippen molar-refractivity contribution in [2.24, 2.45) is 14.1 Å². The fourth-order valence-corrected chi connectivity index (χ4v) is 3.54. The van der Waals surface area contributed by atoms with Crippen molar-refractivity contribution in [1.29, 1.82) is 0 Å². The van der Waals surface area contributed by atoms with E-state index in [1.807, 2.05) is 6.07 Å². The molecule has 1 N–H and O–H groups in total. The highest BCUT2D eigenvalue weighted by Gasteiger charge is 2.18. The molecule has 3 aromatic heterocycles. The van der Waals surface area contributed by atoms with Gasteiger partial charge in [0.2, 0.25) is 0 Å². The van der Waals surface area contributed by atoms with E-state index >= 15 is 0 Å². The molecule has 0 fully saturated rings. The second kappa shape index (κ2) is 9.61. The normalized spacial score (nSPS) is 10.8. The van der Waals surface area contributed by atoms with Gasteiger partial charge in [0.1, 0.15) is 22.9 Å². The van der Waals surface area contributed by atoms with Crippen molar-refractivity contribution < 1.29 is 14.3 Å². The molecular weight excluding hydrogens is 438 g/mol. The summed E-state index contributed by atoms with van der Waals surface area (Å²) < 4.78 is 15.0. The van der Waals surface area contributed by atoms with Crippen molar-refractivity contribution in [2.75, 3.05) is 20.8 Å². The van der Waals surface area contributed by atoms with Crippen LogP contribution in [0, 0.1) is 0 Å². The maximum Gasteiger partial charge on any atom is 0.346 e. The lowest BCUT2D eigenvalue weighted by atomic mass is 10.1. The minimum Gasteiger partial charge on any atom is -0.497 e. The highest BCUT2D eigenvalue weighted by Crippen LogP contribution is 2.32. The van der Waals surface area contributed by atoms with E-state index in [4.69, 9.17) is 9.47 Å². The highest BCUT2D eigenvalue weighted by atomic mass is 16.5. The fraction of sp³-hybridized carbons (Fsp3) is 0.261. The van der Waals surface area contributed by atoms with Crippen LogP contribution in [0.15, 0.2) is 53.5 Å². The molecule has 3 heterocycles. The zero-order valence-electron chi connectivity index (χ0n) is 19.3. The molecule has 11 heteroatoms. The molecule has 0 saturated heterocycles. The summed E-state index contributed by atoms with van der Waals surface area (Å²) in [5.74, 6) is 1.40. The molecule has 34 heavy (non-hydrogen) atoms. The van der Waals surface area contributed by atoms with Crippen molar-refractivity contribution in [1.82, 2.24) is 34.4 Å². The molecule has 0 atom stereocenters. The number of carbonyl (C=O) groups excluding carboxylic acids is 1. The molecule has 0 radical (unpaired) electrons. The van der Waals surface area contributed by atoms with E-state index in [1.165, 1.54) is 13.9 Å². The summed E-state index contributed by atoms with van der Waals surface area (Å²) in [4.78, 5) is 29.6. The molecule has 1 amide bonds. The highest BCUT2D eigenvalue weighted by molar-refractivity contribution is 5.93. The molecular formula is C23H25N7O4. The van der Waals surface area contributed by atoms with Crippen molar-refractivity contribution in [3.8, 4) is 34.3 Å². The number of benzene rings is 1. The van der Waals surface area contributed by atoms with Gasteiger partial charge in [0.05, 0.1) is 26.5 Å². The van der Waals surface area contributed by atoms with Crippen molar-refractivity contribution in [2.45, 2.75) is 6.54 Å². The molecule has 176 valence electrons. The lowest BCUT2D eigenvalue weighted by molar-refractivity contribution is 0.0942. The Hall–Kier alpha value is -4.41. The number of rotatable bonds is 8. The van der Waals surface area contributed by atoms with Crippen molar-refractivity contribution in [3.05, 3.63) is 64.8 Å². The number of nitrogens with zero attached hydrogens (tertiary/aromatic N) is 6. The molecule has 11 nitrogen and oxygen atoms in total. The SMILES string of the molecule is COc1ccc(OC)c(-c2cc(C(=O)NCCn3nc(-c4ccccn4)n(C)c3=O)n(C)n2)c1. The van der Waals surface area contributed by atoms with Gasteiger partial charge < -0.3 is 14.8 Å². The Morgan fingerprint density at radius 2 is 1.85 bits per heavy atom. The quantitative estimate of drug-likeness (QED) is 0.421. The van der Waals surface area contributed by atoms with Gasteiger partial charge in [0, 0.05) is 32.4 Å². The molecule has 1 aromatic carbocycles. The van der Waals surface area contributed by atoms with Crippen LogP contribution >= 0.6 is 0 Å². The van der Waals surface area contributed by atoms with Crippen LogP contribution in [-0.4, -0.2) is 55.8 Å². The number of amides is 1. The molecule has 0 aliphatic heterocycles. The van der Waals surface area contributed by atoms with Gasteiger partial charge in [-0.25, -0.2) is 9.48 Å². The largest absolute Gasteiger partial charge is 0.497 e. The minimum absolute atomic E-state index is 0.208. The van der Waals surface area contributed by atoms with Crippen LogP contribution in [0.4, 0.5) is 0 Å². The van der Waals surface area contributed by atoms with E-state index < -0.39 is 0 Å². The molecule has 0 unspecified atom stereocenters. The third-order valence-corrected chi connectivity index (χ3v) is 5.34. The third kappa shape index (κ3) is 4.40. The second-order valence-electron chi connectivity index (χ2n) is 7.46. The molecule has 0 bridgehead atoms. The summed E-state index contributed by atoms with van der Waals surface area (Å²) in [7, 11) is 6.47. The summed E-state index contributed by atoms with van der Waals surface area (Å²) in [6, 6.07) is 12.5. The van der Waals surface area contributed by atoms with Crippen LogP contribution < -0.4 is 20.5 Å². The van der Waals surface area contributed by atoms with Crippen LogP contribution in [0.3, 0.4) is 0 Å². The number of ether oxygens (including phenoxy) is 2. The zero-order valence-corrected chi connectivity index (χ0v) is 19.3. The first-order valence-corrected chi connectivity index (χ1v) is 10.5. The fourth-order valence-electron chi connectivity index (χ4n) is 3.54. The van der Waals surface area contributed by atoms with Gasteiger partial charge in [-0.05, 0) is 36.4 Å². The zero-order chi connectivity index (χ0) is 24.2. The number of carbonyl (C=O) groups is 1. The van der Waals surface area contributed by atoms with E-state index in [0.29, 0.717) is 40.0 Å². The van der Waals surface area contributed by atoms with Crippen molar-refractivity contribution >= 4 is 5.91 Å². The van der Waals surface area contributed by atoms with Crippen molar-refractivity contribution in [3.63, 3.8) is 0 Å². The molecule has 4 aromatic rings. The number of aryl methyl sites for hydroxylation is 1. The lowest BCUT2D eigenvalue weighted by Crippen LogP contribution is -2.32. The van der Waals surface area contributed by atoms with Gasteiger partial charge >= 0.3 is 5.69 Å². The topological polar surface area (TPSA) is 118 Å². The molecule has 0 aliphatic rings. The maximum atomic E-state index is 12.8. The minimum atomic E-state index is -0.322. The van der Waals surface area contributed by atoms with Crippen LogP contribution in [-0.2, 0) is 20.6 Å². The van der Waals surface area contributed by atoms with E-state index in [1.54, 1.807) is 70.9 Å². The Bertz CT molecular complexity index is 1370. The first-order valence-electron chi connectivity index (χ1n) is 10.5. The van der Waals surface area contributed by atoms with Gasteiger partial charge in [-0.2, -0.15) is 5.10 Å². The third-order valence-electron chi connectivity index (χ3n) is 5.34. The Balaban J connectivity index is 1.47. The standard InChI is InChI=1S/C23H25N7O4/c1-28-21(17-7-5-6-10-24-17)27-30(23(28)32)12-11-25-22(31)19-14-18(26-29(19)2)16-13-15(33-3)8-9-20(16)34-4/h5-10,13-14H,11-12H2,1-4H3,(H,25,31). The van der Waals surface area contributed by atoms with E-state index in [0.717, 1.165) is 0 Å². The number of pyridine rings is 1. The number of aromatic nitrogens is 6. The Morgan fingerprint density at radius 1 is 1.03 bits per heavy atom. The monoisotopic (exact) mass is 463 g/mol. The smallest absolute Gasteiger partial charge is 0.346 e. The van der Waals surface area contributed by atoms with Gasteiger partial charge in [-0.15, -0.1) is 5.10 Å². The first-order chi connectivity index (χ1) is 16.4.